The minimum atomic E-state index is -0.140. The summed E-state index contributed by atoms with van der Waals surface area (Å²) in [6.07, 6.45) is 3.49. The van der Waals surface area contributed by atoms with E-state index in [2.05, 4.69) is 15.0 Å². The Labute approximate surface area is 137 Å². The molecule has 24 heavy (non-hydrogen) atoms. The summed E-state index contributed by atoms with van der Waals surface area (Å²) in [5.41, 5.74) is 2.97. The molecule has 0 saturated carbocycles. The van der Waals surface area contributed by atoms with Crippen molar-refractivity contribution >= 4 is 33.7 Å². The number of nitrogens with one attached hydrogen (secondary N) is 2. The van der Waals surface area contributed by atoms with Crippen molar-refractivity contribution in [3.05, 3.63) is 70.6 Å². The number of fused-ring (bicyclic) bond motifs is 3. The molecule has 2 aromatic heterocycles. The van der Waals surface area contributed by atoms with E-state index < -0.39 is 0 Å². The number of ether oxygens (including phenoxy) is 1. The number of rotatable bonds is 3. The SMILES string of the molecule is COc1ccc(N=Cc2c(=O)[nH]c3ccc4[nH]cccc4c23)cc1. The first kappa shape index (κ1) is 14.3. The first-order valence-electron chi connectivity index (χ1n) is 7.56. The van der Waals surface area contributed by atoms with Gasteiger partial charge in [0.1, 0.15) is 5.75 Å². The Morgan fingerprint density at radius 2 is 1.83 bits per heavy atom. The van der Waals surface area contributed by atoms with E-state index in [9.17, 15) is 4.79 Å². The topological polar surface area (TPSA) is 70.2 Å². The van der Waals surface area contributed by atoms with Crippen molar-refractivity contribution in [2.45, 2.75) is 0 Å². The molecule has 2 heterocycles. The summed E-state index contributed by atoms with van der Waals surface area (Å²) < 4.78 is 5.13. The Kier molecular flexibility index (Phi) is 3.39. The lowest BCUT2D eigenvalue weighted by Crippen LogP contribution is -2.04. The van der Waals surface area contributed by atoms with Crippen LogP contribution < -0.4 is 10.3 Å². The summed E-state index contributed by atoms with van der Waals surface area (Å²) in [6, 6.07) is 15.1. The zero-order chi connectivity index (χ0) is 16.5. The van der Waals surface area contributed by atoms with Gasteiger partial charge in [0.2, 0.25) is 0 Å². The number of aromatic amines is 2. The predicted octanol–water partition coefficient (Wildman–Crippen LogP) is 3.77. The molecule has 0 amide bonds. The van der Waals surface area contributed by atoms with E-state index in [4.69, 9.17) is 4.74 Å². The van der Waals surface area contributed by atoms with Crippen LogP contribution in [0.2, 0.25) is 0 Å². The van der Waals surface area contributed by atoms with Crippen molar-refractivity contribution in [3.8, 4) is 5.75 Å². The maximum Gasteiger partial charge on any atom is 0.257 e. The molecule has 4 aromatic rings. The van der Waals surface area contributed by atoms with Crippen molar-refractivity contribution in [1.29, 1.82) is 0 Å². The standard InChI is InChI=1S/C19H15N3O2/c1-24-13-6-4-12(5-7-13)21-11-15-18-14-3-2-10-20-16(14)8-9-17(18)22-19(15)23/h2-11,20H,1H3,(H,22,23). The van der Waals surface area contributed by atoms with Crippen LogP contribution in [-0.2, 0) is 0 Å². The van der Waals surface area contributed by atoms with E-state index in [-0.39, 0.29) is 5.56 Å². The lowest BCUT2D eigenvalue weighted by Gasteiger charge is -2.01. The molecule has 118 valence electrons. The Balaban J connectivity index is 1.86. The summed E-state index contributed by atoms with van der Waals surface area (Å²) in [5, 5.41) is 1.87. The molecule has 0 saturated heterocycles. The second-order valence-electron chi connectivity index (χ2n) is 5.44. The van der Waals surface area contributed by atoms with Crippen LogP contribution in [-0.4, -0.2) is 23.3 Å². The van der Waals surface area contributed by atoms with Gasteiger partial charge < -0.3 is 14.7 Å². The maximum absolute atomic E-state index is 12.3. The molecule has 0 fully saturated rings. The predicted molar refractivity (Wildman–Crippen MR) is 96.7 cm³/mol. The van der Waals surface area contributed by atoms with Crippen LogP contribution in [0, 0.1) is 0 Å². The van der Waals surface area contributed by atoms with Crippen LogP contribution in [0.1, 0.15) is 5.56 Å². The van der Waals surface area contributed by atoms with Crippen molar-refractivity contribution in [1.82, 2.24) is 9.97 Å². The molecule has 0 spiro atoms. The van der Waals surface area contributed by atoms with Crippen molar-refractivity contribution < 1.29 is 4.74 Å². The number of nitrogens with zero attached hydrogens (tertiary/aromatic N) is 1. The highest BCUT2D eigenvalue weighted by Gasteiger charge is 2.10. The first-order valence-corrected chi connectivity index (χ1v) is 7.56. The van der Waals surface area contributed by atoms with Crippen LogP contribution in [0.3, 0.4) is 0 Å². The molecule has 0 atom stereocenters. The third kappa shape index (κ3) is 2.36. The average molecular weight is 317 g/mol. The molecule has 0 aliphatic carbocycles. The Hall–Kier alpha value is -3.34. The molecule has 0 radical (unpaired) electrons. The number of H-pyrrole nitrogens is 2. The number of aromatic nitrogens is 2. The maximum atomic E-state index is 12.3. The molecule has 5 heteroatoms. The van der Waals surface area contributed by atoms with Gasteiger partial charge in [-0.3, -0.25) is 9.79 Å². The van der Waals surface area contributed by atoms with E-state index in [0.717, 1.165) is 33.2 Å². The summed E-state index contributed by atoms with van der Waals surface area (Å²) >= 11 is 0. The summed E-state index contributed by atoms with van der Waals surface area (Å²) in [5.74, 6) is 0.770. The molecule has 4 rings (SSSR count). The van der Waals surface area contributed by atoms with Gasteiger partial charge in [-0.2, -0.15) is 0 Å². The minimum absolute atomic E-state index is 0.140. The smallest absolute Gasteiger partial charge is 0.257 e. The number of hydrogen-bond acceptors (Lipinski definition) is 3. The van der Waals surface area contributed by atoms with E-state index in [1.165, 1.54) is 0 Å². The quantitative estimate of drug-likeness (QED) is 0.565. The monoisotopic (exact) mass is 317 g/mol. The van der Waals surface area contributed by atoms with E-state index in [1.807, 2.05) is 54.7 Å². The molecule has 0 aliphatic rings. The highest BCUT2D eigenvalue weighted by molar-refractivity contribution is 6.13. The lowest BCUT2D eigenvalue weighted by molar-refractivity contribution is 0.415. The van der Waals surface area contributed by atoms with Gasteiger partial charge in [0.05, 0.1) is 18.4 Å². The van der Waals surface area contributed by atoms with E-state index >= 15 is 0 Å². The van der Waals surface area contributed by atoms with Gasteiger partial charge in [0, 0.05) is 34.2 Å². The Bertz CT molecular complexity index is 1110. The normalized spacial score (nSPS) is 11.5. The van der Waals surface area contributed by atoms with Crippen LogP contribution in [0.4, 0.5) is 5.69 Å². The van der Waals surface area contributed by atoms with Gasteiger partial charge in [-0.05, 0) is 42.5 Å². The number of methoxy groups -OCH3 is 1. The third-order valence-corrected chi connectivity index (χ3v) is 4.02. The Morgan fingerprint density at radius 1 is 1.04 bits per heavy atom. The second kappa shape index (κ2) is 5.70. The Morgan fingerprint density at radius 3 is 2.62 bits per heavy atom. The molecule has 0 unspecified atom stereocenters. The van der Waals surface area contributed by atoms with Gasteiger partial charge in [-0.25, -0.2) is 0 Å². The largest absolute Gasteiger partial charge is 0.497 e. The van der Waals surface area contributed by atoms with Crippen LogP contribution in [0.15, 0.2) is 64.5 Å². The van der Waals surface area contributed by atoms with Crippen molar-refractivity contribution in [2.75, 3.05) is 7.11 Å². The minimum Gasteiger partial charge on any atom is -0.497 e. The van der Waals surface area contributed by atoms with Crippen LogP contribution >= 0.6 is 0 Å². The average Bonchev–Trinajstić information content (AvgIpc) is 2.96. The molecular weight excluding hydrogens is 302 g/mol. The molecule has 5 nitrogen and oxygen atoms in total. The number of benzene rings is 2. The zero-order valence-electron chi connectivity index (χ0n) is 13.0. The fraction of sp³-hybridized carbons (Fsp3) is 0.0526. The molecule has 0 bridgehead atoms. The van der Waals surface area contributed by atoms with Crippen LogP contribution in [0.5, 0.6) is 5.75 Å². The number of aliphatic imine (C=N–C) groups is 1. The highest BCUT2D eigenvalue weighted by Crippen LogP contribution is 2.25. The van der Waals surface area contributed by atoms with E-state index in [1.54, 1.807) is 13.3 Å². The fourth-order valence-electron chi connectivity index (χ4n) is 2.83. The molecule has 2 aromatic carbocycles. The summed E-state index contributed by atoms with van der Waals surface area (Å²) in [7, 11) is 1.62. The van der Waals surface area contributed by atoms with Gasteiger partial charge in [0.15, 0.2) is 0 Å². The summed E-state index contributed by atoms with van der Waals surface area (Å²) in [6.45, 7) is 0. The number of pyridine rings is 1. The fourth-order valence-corrected chi connectivity index (χ4v) is 2.83. The van der Waals surface area contributed by atoms with Gasteiger partial charge in [0.25, 0.3) is 5.56 Å². The lowest BCUT2D eigenvalue weighted by atomic mass is 10.1. The molecule has 0 aliphatic heterocycles. The van der Waals surface area contributed by atoms with Crippen molar-refractivity contribution in [2.24, 2.45) is 4.99 Å². The zero-order valence-corrected chi connectivity index (χ0v) is 13.0. The molecule has 2 N–H and O–H groups in total. The second-order valence-corrected chi connectivity index (χ2v) is 5.44. The third-order valence-electron chi connectivity index (χ3n) is 4.02. The molecular formula is C19H15N3O2. The van der Waals surface area contributed by atoms with Gasteiger partial charge in [-0.1, -0.05) is 6.07 Å². The highest BCUT2D eigenvalue weighted by atomic mass is 16.5. The number of hydrogen-bond donors (Lipinski definition) is 2. The first-order chi connectivity index (χ1) is 11.8. The van der Waals surface area contributed by atoms with E-state index in [0.29, 0.717) is 5.56 Å². The van der Waals surface area contributed by atoms with Crippen LogP contribution in [0.25, 0.3) is 21.8 Å². The van der Waals surface area contributed by atoms with Crippen molar-refractivity contribution in [3.63, 3.8) is 0 Å². The summed E-state index contributed by atoms with van der Waals surface area (Å²) in [4.78, 5) is 22.8. The van der Waals surface area contributed by atoms with Gasteiger partial charge in [-0.15, -0.1) is 0 Å². The van der Waals surface area contributed by atoms with Gasteiger partial charge >= 0.3 is 0 Å².